The molecule has 0 saturated carbocycles. The molecular weight excluding hydrogens is 769 g/mol. The van der Waals surface area contributed by atoms with E-state index >= 15 is 0 Å². The Morgan fingerprint density at radius 2 is 0.532 bits per heavy atom. The number of unbranched alkanes of at least 4 members (excludes halogenated alkanes) is 35. The third-order valence-electron chi connectivity index (χ3n) is 12.7. The van der Waals surface area contributed by atoms with E-state index in [2.05, 4.69) is 34.6 Å². The molecule has 0 aromatic heterocycles. The maximum absolute atomic E-state index is 12.8. The van der Waals surface area contributed by atoms with E-state index < -0.39 is 6.10 Å². The van der Waals surface area contributed by atoms with Gasteiger partial charge in [-0.1, -0.05) is 272 Å². The predicted molar refractivity (Wildman–Crippen MR) is 266 cm³/mol. The first-order chi connectivity index (χ1) is 30.2. The van der Waals surface area contributed by atoms with Gasteiger partial charge in [-0.25, -0.2) is 0 Å². The SMILES string of the molecule is CCCCCCCCCCCCCCCCCCCCC(=O)OC[C@H](COC(=O)CCCCCCCCCCC(C)C)OC(=O)CCCCCCCCCCCCCCC(C)C. The van der Waals surface area contributed by atoms with Crippen LogP contribution in [-0.4, -0.2) is 37.2 Å². The van der Waals surface area contributed by atoms with Gasteiger partial charge in [0, 0.05) is 19.3 Å². The lowest BCUT2D eigenvalue weighted by atomic mass is 10.0. The summed E-state index contributed by atoms with van der Waals surface area (Å²) in [5.41, 5.74) is 0. The minimum atomic E-state index is -0.762. The molecule has 368 valence electrons. The lowest BCUT2D eigenvalue weighted by Crippen LogP contribution is -2.30. The number of carbonyl (C=O) groups excluding carboxylic acids is 3. The Bertz CT molecular complexity index is 947. The zero-order valence-electron chi connectivity index (χ0n) is 42.5. The van der Waals surface area contributed by atoms with Crippen molar-refractivity contribution in [2.45, 2.75) is 317 Å². The average Bonchev–Trinajstić information content (AvgIpc) is 3.24. The van der Waals surface area contributed by atoms with Crippen LogP contribution in [0.25, 0.3) is 0 Å². The lowest BCUT2D eigenvalue weighted by Gasteiger charge is -2.18. The van der Waals surface area contributed by atoms with Crippen molar-refractivity contribution in [3.63, 3.8) is 0 Å². The Kier molecular flexibility index (Phi) is 47.6. The fraction of sp³-hybridized carbons (Fsp3) is 0.946. The molecule has 0 spiro atoms. The normalized spacial score (nSPS) is 12.0. The number of hydrogen-bond donors (Lipinski definition) is 0. The van der Waals surface area contributed by atoms with E-state index in [1.54, 1.807) is 0 Å². The van der Waals surface area contributed by atoms with Crippen LogP contribution in [-0.2, 0) is 28.6 Å². The number of esters is 3. The van der Waals surface area contributed by atoms with Crippen molar-refractivity contribution in [1.82, 2.24) is 0 Å². The quantitative estimate of drug-likeness (QED) is 0.0344. The molecule has 0 aromatic rings. The van der Waals surface area contributed by atoms with Gasteiger partial charge in [-0.2, -0.15) is 0 Å². The van der Waals surface area contributed by atoms with Gasteiger partial charge in [0.15, 0.2) is 6.10 Å². The van der Waals surface area contributed by atoms with Gasteiger partial charge < -0.3 is 14.2 Å². The minimum Gasteiger partial charge on any atom is -0.462 e. The van der Waals surface area contributed by atoms with Crippen LogP contribution >= 0.6 is 0 Å². The van der Waals surface area contributed by atoms with E-state index in [0.717, 1.165) is 69.6 Å². The summed E-state index contributed by atoms with van der Waals surface area (Å²) < 4.78 is 16.8. The second kappa shape index (κ2) is 48.9. The Morgan fingerprint density at radius 3 is 0.790 bits per heavy atom. The molecule has 0 radical (unpaired) electrons. The summed E-state index contributed by atoms with van der Waals surface area (Å²) in [6.45, 7) is 11.4. The molecule has 0 heterocycles. The molecule has 0 N–H and O–H groups in total. The fourth-order valence-electron chi connectivity index (χ4n) is 8.52. The predicted octanol–water partition coefficient (Wildman–Crippen LogP) is 18.1. The van der Waals surface area contributed by atoms with Crippen LogP contribution in [0.2, 0.25) is 0 Å². The van der Waals surface area contributed by atoms with Crippen molar-refractivity contribution in [2.24, 2.45) is 11.8 Å². The van der Waals surface area contributed by atoms with Crippen molar-refractivity contribution in [3.05, 3.63) is 0 Å². The largest absolute Gasteiger partial charge is 0.462 e. The number of carbonyl (C=O) groups is 3. The van der Waals surface area contributed by atoms with E-state index in [0.29, 0.717) is 19.3 Å². The standard InChI is InChI=1S/C56H108O6/c1-6-7-8-9-10-11-12-13-14-15-16-17-18-22-25-31-36-41-46-54(57)60-49-53(50-61-55(58)47-42-37-32-28-27-30-35-40-45-52(4)5)62-56(59)48-43-38-33-26-23-20-19-21-24-29-34-39-44-51(2)3/h51-53H,6-50H2,1-5H3/t53-/m1/s1. The first kappa shape index (κ1) is 60.4. The molecule has 1 atom stereocenters. The Balaban J connectivity index is 4.27. The van der Waals surface area contributed by atoms with Crippen LogP contribution in [0.4, 0.5) is 0 Å². The zero-order chi connectivity index (χ0) is 45.4. The molecule has 0 aliphatic rings. The zero-order valence-corrected chi connectivity index (χ0v) is 42.5. The van der Waals surface area contributed by atoms with Crippen molar-refractivity contribution in [2.75, 3.05) is 13.2 Å². The molecule has 0 fully saturated rings. The fourth-order valence-corrected chi connectivity index (χ4v) is 8.52. The summed E-state index contributed by atoms with van der Waals surface area (Å²) in [6, 6.07) is 0. The lowest BCUT2D eigenvalue weighted by molar-refractivity contribution is -0.167. The average molecular weight is 877 g/mol. The highest BCUT2D eigenvalue weighted by Gasteiger charge is 2.19. The molecule has 0 rings (SSSR count). The van der Waals surface area contributed by atoms with Crippen molar-refractivity contribution < 1.29 is 28.6 Å². The van der Waals surface area contributed by atoms with Gasteiger partial charge in [0.2, 0.25) is 0 Å². The van der Waals surface area contributed by atoms with Gasteiger partial charge in [-0.15, -0.1) is 0 Å². The van der Waals surface area contributed by atoms with E-state index in [1.807, 2.05) is 0 Å². The first-order valence-corrected chi connectivity index (χ1v) is 27.7. The van der Waals surface area contributed by atoms with Crippen LogP contribution in [0.3, 0.4) is 0 Å². The van der Waals surface area contributed by atoms with Crippen molar-refractivity contribution in [3.8, 4) is 0 Å². The van der Waals surface area contributed by atoms with Gasteiger partial charge in [-0.3, -0.25) is 14.4 Å². The molecule has 0 aliphatic heterocycles. The third-order valence-corrected chi connectivity index (χ3v) is 12.7. The Labute approximate surface area is 387 Å². The Morgan fingerprint density at radius 1 is 0.306 bits per heavy atom. The van der Waals surface area contributed by atoms with Crippen LogP contribution in [0.5, 0.6) is 0 Å². The molecule has 62 heavy (non-hydrogen) atoms. The van der Waals surface area contributed by atoms with Gasteiger partial charge >= 0.3 is 17.9 Å². The summed E-state index contributed by atoms with van der Waals surface area (Å²) in [7, 11) is 0. The second-order valence-electron chi connectivity index (χ2n) is 20.2. The van der Waals surface area contributed by atoms with E-state index in [1.165, 1.54) is 199 Å². The maximum Gasteiger partial charge on any atom is 0.306 e. The van der Waals surface area contributed by atoms with Gasteiger partial charge in [-0.05, 0) is 31.1 Å². The van der Waals surface area contributed by atoms with Crippen molar-refractivity contribution >= 4 is 17.9 Å². The monoisotopic (exact) mass is 877 g/mol. The smallest absolute Gasteiger partial charge is 0.306 e. The topological polar surface area (TPSA) is 78.9 Å². The summed E-state index contributed by atoms with van der Waals surface area (Å²) in [5.74, 6) is 0.783. The molecule has 0 aliphatic carbocycles. The molecule has 6 heteroatoms. The molecular formula is C56H108O6. The third kappa shape index (κ3) is 49.4. The molecule has 0 bridgehead atoms. The first-order valence-electron chi connectivity index (χ1n) is 27.7. The molecule has 0 aromatic carbocycles. The van der Waals surface area contributed by atoms with Crippen LogP contribution in [0.15, 0.2) is 0 Å². The van der Waals surface area contributed by atoms with Gasteiger partial charge in [0.1, 0.15) is 13.2 Å². The van der Waals surface area contributed by atoms with Crippen LogP contribution in [0.1, 0.15) is 311 Å². The minimum absolute atomic E-state index is 0.0635. The highest BCUT2D eigenvalue weighted by atomic mass is 16.6. The highest BCUT2D eigenvalue weighted by Crippen LogP contribution is 2.18. The number of ether oxygens (including phenoxy) is 3. The second-order valence-corrected chi connectivity index (χ2v) is 20.2. The van der Waals surface area contributed by atoms with Crippen LogP contribution in [0, 0.1) is 11.8 Å². The molecule has 6 nitrogen and oxygen atoms in total. The van der Waals surface area contributed by atoms with E-state index in [9.17, 15) is 14.4 Å². The molecule has 0 unspecified atom stereocenters. The number of hydrogen-bond acceptors (Lipinski definition) is 6. The number of rotatable bonds is 50. The molecule has 0 saturated heterocycles. The van der Waals surface area contributed by atoms with E-state index in [4.69, 9.17) is 14.2 Å². The van der Waals surface area contributed by atoms with Crippen molar-refractivity contribution in [1.29, 1.82) is 0 Å². The van der Waals surface area contributed by atoms with E-state index in [-0.39, 0.29) is 31.1 Å². The summed E-state index contributed by atoms with van der Waals surface area (Å²) in [5, 5.41) is 0. The summed E-state index contributed by atoms with van der Waals surface area (Å²) in [4.78, 5) is 38.0. The van der Waals surface area contributed by atoms with Gasteiger partial charge in [0.05, 0.1) is 0 Å². The summed E-state index contributed by atoms with van der Waals surface area (Å²) >= 11 is 0. The maximum atomic E-state index is 12.8. The molecule has 0 amide bonds. The van der Waals surface area contributed by atoms with Crippen LogP contribution < -0.4 is 0 Å². The highest BCUT2D eigenvalue weighted by molar-refractivity contribution is 5.71. The summed E-state index contributed by atoms with van der Waals surface area (Å²) in [6.07, 6.45) is 51.0. The van der Waals surface area contributed by atoms with Gasteiger partial charge in [0.25, 0.3) is 0 Å². The Hall–Kier alpha value is -1.59.